The molecule has 4 heteroatoms. The minimum absolute atomic E-state index is 0.175. The lowest BCUT2D eigenvalue weighted by molar-refractivity contribution is -0.138. The predicted molar refractivity (Wildman–Crippen MR) is 57.4 cm³/mol. The number of benzene rings is 1. The molecule has 2 atom stereocenters. The number of carboxylic acids is 1. The predicted octanol–water partition coefficient (Wildman–Crippen LogP) is 1.86. The van der Waals surface area contributed by atoms with Crippen molar-refractivity contribution in [3.63, 3.8) is 0 Å². The number of aliphatic carboxylic acids is 1. The van der Waals surface area contributed by atoms with Crippen LogP contribution in [0.25, 0.3) is 0 Å². The third-order valence-corrected chi connectivity index (χ3v) is 2.76. The molecule has 0 heterocycles. The summed E-state index contributed by atoms with van der Waals surface area (Å²) in [6.07, 6.45) is 0.744. The van der Waals surface area contributed by atoms with E-state index in [-0.39, 0.29) is 18.6 Å². The third-order valence-electron chi connectivity index (χ3n) is 2.76. The fraction of sp³-hybridized carbons (Fsp3) is 0.417. The Balaban J connectivity index is 1.95. The van der Waals surface area contributed by atoms with E-state index in [9.17, 15) is 4.79 Å². The molecule has 4 nitrogen and oxygen atoms in total. The van der Waals surface area contributed by atoms with Gasteiger partial charge in [-0.3, -0.25) is 4.79 Å². The number of methoxy groups -OCH3 is 1. The van der Waals surface area contributed by atoms with Gasteiger partial charge in [0.15, 0.2) is 6.79 Å². The lowest BCUT2D eigenvalue weighted by Crippen LogP contribution is -2.00. The molecule has 1 aromatic rings. The van der Waals surface area contributed by atoms with E-state index in [0.717, 1.165) is 17.7 Å². The van der Waals surface area contributed by atoms with Crippen molar-refractivity contribution in [3.8, 4) is 5.75 Å². The van der Waals surface area contributed by atoms with Gasteiger partial charge in [-0.15, -0.1) is 0 Å². The molecular weight excluding hydrogens is 208 g/mol. The molecule has 0 aliphatic heterocycles. The van der Waals surface area contributed by atoms with E-state index in [2.05, 4.69) is 0 Å². The van der Waals surface area contributed by atoms with Crippen LogP contribution in [0.1, 0.15) is 17.9 Å². The van der Waals surface area contributed by atoms with E-state index in [1.54, 1.807) is 7.11 Å². The molecule has 0 bridgehead atoms. The summed E-state index contributed by atoms with van der Waals surface area (Å²) in [4.78, 5) is 10.7. The maximum Gasteiger partial charge on any atom is 0.307 e. The highest BCUT2D eigenvalue weighted by molar-refractivity contribution is 5.75. The quantitative estimate of drug-likeness (QED) is 0.772. The highest BCUT2D eigenvalue weighted by Crippen LogP contribution is 2.47. The van der Waals surface area contributed by atoms with Crippen molar-refractivity contribution >= 4 is 5.97 Å². The molecular formula is C12H14O4. The standard InChI is InChI=1S/C12H14O4/c1-15-7-16-9-4-2-8(3-5-9)10-6-11(10)12(13)14/h2-5,10-11H,6-7H2,1H3,(H,13,14)/t10-,11+/m0/s1. The van der Waals surface area contributed by atoms with Gasteiger partial charge in [-0.05, 0) is 30.0 Å². The number of hydrogen-bond acceptors (Lipinski definition) is 3. The van der Waals surface area contributed by atoms with E-state index < -0.39 is 5.97 Å². The van der Waals surface area contributed by atoms with Gasteiger partial charge in [-0.1, -0.05) is 12.1 Å². The Morgan fingerprint density at radius 3 is 2.62 bits per heavy atom. The average Bonchev–Trinajstić information content (AvgIpc) is 3.07. The SMILES string of the molecule is COCOc1ccc([C@@H]2C[C@H]2C(=O)O)cc1. The van der Waals surface area contributed by atoms with Crippen molar-refractivity contribution in [1.29, 1.82) is 0 Å². The highest BCUT2D eigenvalue weighted by atomic mass is 16.7. The van der Waals surface area contributed by atoms with Crippen molar-refractivity contribution in [1.82, 2.24) is 0 Å². The normalized spacial score (nSPS) is 22.8. The van der Waals surface area contributed by atoms with Gasteiger partial charge in [0.2, 0.25) is 0 Å². The number of carboxylic acid groups (broad SMARTS) is 1. The second-order valence-corrected chi connectivity index (χ2v) is 3.91. The molecule has 1 N–H and O–H groups in total. The highest BCUT2D eigenvalue weighted by Gasteiger charge is 2.43. The van der Waals surface area contributed by atoms with E-state index in [0.29, 0.717) is 0 Å². The van der Waals surface area contributed by atoms with E-state index in [1.165, 1.54) is 0 Å². The molecule has 0 radical (unpaired) electrons. The van der Waals surface area contributed by atoms with Crippen LogP contribution < -0.4 is 4.74 Å². The zero-order valence-electron chi connectivity index (χ0n) is 9.05. The number of rotatable bonds is 5. The summed E-state index contributed by atoms with van der Waals surface area (Å²) in [5.74, 6) is 0.00236. The minimum atomic E-state index is -0.704. The van der Waals surface area contributed by atoms with Crippen LogP contribution in [0.3, 0.4) is 0 Å². The van der Waals surface area contributed by atoms with Crippen molar-refractivity contribution in [2.24, 2.45) is 5.92 Å². The van der Waals surface area contributed by atoms with Gasteiger partial charge < -0.3 is 14.6 Å². The van der Waals surface area contributed by atoms with E-state index >= 15 is 0 Å². The van der Waals surface area contributed by atoms with Gasteiger partial charge in [0.05, 0.1) is 5.92 Å². The van der Waals surface area contributed by atoms with Crippen LogP contribution in [-0.4, -0.2) is 25.0 Å². The fourth-order valence-electron chi connectivity index (χ4n) is 1.77. The summed E-state index contributed by atoms with van der Waals surface area (Å²) >= 11 is 0. The molecule has 1 fully saturated rings. The first kappa shape index (κ1) is 11.0. The molecule has 0 spiro atoms. The molecule has 86 valence electrons. The molecule has 0 amide bonds. The number of carbonyl (C=O) groups is 1. The van der Waals surface area contributed by atoms with Gasteiger partial charge in [-0.2, -0.15) is 0 Å². The summed E-state index contributed by atoms with van der Waals surface area (Å²) in [5.41, 5.74) is 1.07. The van der Waals surface area contributed by atoms with Crippen LogP contribution in [0.4, 0.5) is 0 Å². The molecule has 0 aromatic heterocycles. The first-order valence-electron chi connectivity index (χ1n) is 5.17. The largest absolute Gasteiger partial charge is 0.481 e. The smallest absolute Gasteiger partial charge is 0.307 e. The average molecular weight is 222 g/mol. The Labute approximate surface area is 93.8 Å². The topological polar surface area (TPSA) is 55.8 Å². The Kier molecular flexibility index (Phi) is 3.10. The first-order valence-corrected chi connectivity index (χ1v) is 5.17. The van der Waals surface area contributed by atoms with Crippen molar-refractivity contribution in [2.45, 2.75) is 12.3 Å². The monoisotopic (exact) mass is 222 g/mol. The molecule has 1 aliphatic rings. The lowest BCUT2D eigenvalue weighted by atomic mass is 10.1. The molecule has 0 saturated heterocycles. The van der Waals surface area contributed by atoms with Crippen molar-refractivity contribution < 1.29 is 19.4 Å². The first-order chi connectivity index (χ1) is 7.72. The number of hydrogen-bond donors (Lipinski definition) is 1. The molecule has 1 aliphatic carbocycles. The molecule has 1 saturated carbocycles. The minimum Gasteiger partial charge on any atom is -0.481 e. The second kappa shape index (κ2) is 4.53. The van der Waals surface area contributed by atoms with Gasteiger partial charge in [0.1, 0.15) is 5.75 Å². The van der Waals surface area contributed by atoms with Gasteiger partial charge in [0, 0.05) is 7.11 Å². The van der Waals surface area contributed by atoms with Gasteiger partial charge in [-0.25, -0.2) is 0 Å². The van der Waals surface area contributed by atoms with Crippen LogP contribution in [0.15, 0.2) is 24.3 Å². The zero-order chi connectivity index (χ0) is 11.5. The van der Waals surface area contributed by atoms with Gasteiger partial charge >= 0.3 is 5.97 Å². The van der Waals surface area contributed by atoms with Crippen molar-refractivity contribution in [3.05, 3.63) is 29.8 Å². The summed E-state index contributed by atoms with van der Waals surface area (Å²) in [5, 5.41) is 8.81. The van der Waals surface area contributed by atoms with Gasteiger partial charge in [0.25, 0.3) is 0 Å². The van der Waals surface area contributed by atoms with Crippen LogP contribution in [0.5, 0.6) is 5.75 Å². The zero-order valence-corrected chi connectivity index (χ0v) is 9.05. The second-order valence-electron chi connectivity index (χ2n) is 3.91. The van der Waals surface area contributed by atoms with Crippen molar-refractivity contribution in [2.75, 3.05) is 13.9 Å². The Morgan fingerprint density at radius 1 is 1.44 bits per heavy atom. The van der Waals surface area contributed by atoms with Crippen LogP contribution >= 0.6 is 0 Å². The van der Waals surface area contributed by atoms with Crippen LogP contribution in [-0.2, 0) is 9.53 Å². The summed E-state index contributed by atoms with van der Waals surface area (Å²) in [6.45, 7) is 0.223. The maximum atomic E-state index is 10.7. The molecule has 0 unspecified atom stereocenters. The molecule has 16 heavy (non-hydrogen) atoms. The van der Waals surface area contributed by atoms with E-state index in [1.807, 2.05) is 24.3 Å². The van der Waals surface area contributed by atoms with Crippen LogP contribution in [0, 0.1) is 5.92 Å². The molecule has 1 aromatic carbocycles. The van der Waals surface area contributed by atoms with E-state index in [4.69, 9.17) is 14.6 Å². The Bertz CT molecular complexity index is 371. The summed E-state index contributed by atoms with van der Waals surface area (Å²) in [7, 11) is 1.57. The maximum absolute atomic E-state index is 10.7. The third kappa shape index (κ3) is 2.33. The fourth-order valence-corrected chi connectivity index (χ4v) is 1.77. The Hall–Kier alpha value is -1.55. The molecule has 2 rings (SSSR count). The van der Waals surface area contributed by atoms with Crippen LogP contribution in [0.2, 0.25) is 0 Å². The number of ether oxygens (including phenoxy) is 2. The Morgan fingerprint density at radius 2 is 2.12 bits per heavy atom. The summed E-state index contributed by atoms with van der Waals surface area (Å²) in [6, 6.07) is 7.51. The lowest BCUT2D eigenvalue weighted by Gasteiger charge is -2.05. The summed E-state index contributed by atoms with van der Waals surface area (Å²) < 4.78 is 10.0.